The monoisotopic (exact) mass is 439 g/mol. The molecule has 0 bridgehead atoms. The molecule has 1 aromatic heterocycles. The molecule has 1 amide bonds. The molecule has 0 aliphatic rings. The van der Waals surface area contributed by atoms with Gasteiger partial charge in [0.2, 0.25) is 15.9 Å². The zero-order valence-corrected chi connectivity index (χ0v) is 18.5. The molecule has 2 aromatic carbocycles. The molecule has 0 fully saturated rings. The Morgan fingerprint density at radius 3 is 2.45 bits per heavy atom. The highest BCUT2D eigenvalue weighted by molar-refractivity contribution is 7.89. The summed E-state index contributed by atoms with van der Waals surface area (Å²) in [4.78, 5) is 11.9. The number of aryl methyl sites for hydroxylation is 2. The first-order valence-electron chi connectivity index (χ1n) is 9.88. The van der Waals surface area contributed by atoms with Crippen molar-refractivity contribution in [2.45, 2.75) is 38.6 Å². The highest BCUT2D eigenvalue weighted by Crippen LogP contribution is 2.23. The summed E-state index contributed by atoms with van der Waals surface area (Å²) in [5.41, 5.74) is 3.85. The van der Waals surface area contributed by atoms with Gasteiger partial charge in [-0.25, -0.2) is 13.1 Å². The fraction of sp³-hybridized carbons (Fsp3) is 0.217. The lowest BCUT2D eigenvalue weighted by Gasteiger charge is -2.09. The first-order chi connectivity index (χ1) is 14.8. The van der Waals surface area contributed by atoms with E-state index in [0.717, 1.165) is 16.7 Å². The van der Waals surface area contributed by atoms with Crippen molar-refractivity contribution in [3.05, 3.63) is 76.7 Å². The quantitative estimate of drug-likeness (QED) is 0.545. The van der Waals surface area contributed by atoms with Gasteiger partial charge in [0.15, 0.2) is 5.76 Å². The van der Waals surface area contributed by atoms with E-state index in [1.165, 1.54) is 0 Å². The highest BCUT2D eigenvalue weighted by atomic mass is 32.2. The molecule has 8 heteroatoms. The molecule has 0 radical (unpaired) electrons. The molecule has 0 aliphatic heterocycles. The van der Waals surface area contributed by atoms with Crippen LogP contribution in [0.15, 0.2) is 57.9 Å². The summed E-state index contributed by atoms with van der Waals surface area (Å²) in [5.74, 6) is 0.296. The second kappa shape index (κ2) is 9.72. The summed E-state index contributed by atoms with van der Waals surface area (Å²) in [7, 11) is -3.63. The summed E-state index contributed by atoms with van der Waals surface area (Å²) in [6, 6.07) is 14.1. The molecule has 0 saturated heterocycles. The molecule has 31 heavy (non-hydrogen) atoms. The van der Waals surface area contributed by atoms with Crippen LogP contribution in [0.3, 0.4) is 0 Å². The minimum atomic E-state index is -3.63. The van der Waals surface area contributed by atoms with Crippen LogP contribution in [0, 0.1) is 13.8 Å². The number of sulfonamides is 1. The van der Waals surface area contributed by atoms with Crippen LogP contribution in [0.2, 0.25) is 0 Å². The molecule has 1 heterocycles. The molecule has 7 nitrogen and oxygen atoms in total. The van der Waals surface area contributed by atoms with Gasteiger partial charge >= 0.3 is 0 Å². The largest absolute Gasteiger partial charge is 0.354 e. The Labute approximate surface area is 182 Å². The van der Waals surface area contributed by atoms with Gasteiger partial charge in [-0.3, -0.25) is 4.79 Å². The average Bonchev–Trinajstić information content (AvgIpc) is 3.11. The molecular formula is C23H25N3O4S. The van der Waals surface area contributed by atoms with Crippen LogP contribution < -0.4 is 10.0 Å². The summed E-state index contributed by atoms with van der Waals surface area (Å²) < 4.78 is 33.1. The fourth-order valence-electron chi connectivity index (χ4n) is 2.88. The van der Waals surface area contributed by atoms with Crippen molar-refractivity contribution in [3.8, 4) is 0 Å². The smallest absolute Gasteiger partial charge is 0.240 e. The van der Waals surface area contributed by atoms with Gasteiger partial charge in [-0.15, -0.1) is 0 Å². The maximum atomic E-state index is 12.6. The number of benzene rings is 2. The van der Waals surface area contributed by atoms with Crippen molar-refractivity contribution >= 4 is 33.8 Å². The van der Waals surface area contributed by atoms with Crippen molar-refractivity contribution < 1.29 is 17.7 Å². The van der Waals surface area contributed by atoms with E-state index in [2.05, 4.69) is 15.2 Å². The van der Waals surface area contributed by atoms with Crippen molar-refractivity contribution in [2.24, 2.45) is 0 Å². The van der Waals surface area contributed by atoms with Crippen LogP contribution >= 0.6 is 0 Å². The maximum absolute atomic E-state index is 12.6. The standard InChI is InChI=1S/C23H25N3O4S/c1-4-22(27)25-23-17(3)26-30-21(23)14-11-18-9-12-20(13-10-18)31(28,29)24-15-19-8-6-5-7-16(19)2/h5-14,24H,4,15H2,1-3H3,(H,25,27)/b14-11-. The number of rotatable bonds is 8. The molecule has 0 saturated carbocycles. The Kier molecular flexibility index (Phi) is 7.04. The molecule has 0 unspecified atom stereocenters. The topological polar surface area (TPSA) is 101 Å². The third-order valence-corrected chi connectivity index (χ3v) is 6.22. The van der Waals surface area contributed by atoms with Crippen LogP contribution in [-0.4, -0.2) is 19.5 Å². The van der Waals surface area contributed by atoms with Gasteiger partial charge in [-0.2, -0.15) is 0 Å². The molecule has 0 spiro atoms. The fourth-order valence-corrected chi connectivity index (χ4v) is 3.88. The van der Waals surface area contributed by atoms with E-state index >= 15 is 0 Å². The van der Waals surface area contributed by atoms with Crippen molar-refractivity contribution in [2.75, 3.05) is 5.32 Å². The van der Waals surface area contributed by atoms with E-state index < -0.39 is 10.0 Å². The summed E-state index contributed by atoms with van der Waals surface area (Å²) in [6.45, 7) is 5.68. The lowest BCUT2D eigenvalue weighted by Crippen LogP contribution is -2.23. The molecule has 2 N–H and O–H groups in total. The first kappa shape index (κ1) is 22.5. The molecule has 3 aromatic rings. The normalized spacial score (nSPS) is 11.7. The maximum Gasteiger partial charge on any atom is 0.240 e. The van der Waals surface area contributed by atoms with Crippen molar-refractivity contribution in [1.29, 1.82) is 0 Å². The predicted molar refractivity (Wildman–Crippen MR) is 121 cm³/mol. The van der Waals surface area contributed by atoms with Crippen LogP contribution in [0.1, 0.15) is 41.5 Å². The van der Waals surface area contributed by atoms with Crippen LogP contribution in [0.25, 0.3) is 12.2 Å². The zero-order valence-electron chi connectivity index (χ0n) is 17.7. The number of carbonyl (C=O) groups excluding carboxylic acids is 1. The number of hydrogen-bond acceptors (Lipinski definition) is 5. The van der Waals surface area contributed by atoms with Crippen LogP contribution in [-0.2, 0) is 21.4 Å². The number of aromatic nitrogens is 1. The van der Waals surface area contributed by atoms with E-state index in [1.807, 2.05) is 31.2 Å². The van der Waals surface area contributed by atoms with E-state index in [9.17, 15) is 13.2 Å². The van der Waals surface area contributed by atoms with Gasteiger partial charge < -0.3 is 9.84 Å². The minimum absolute atomic E-state index is 0.131. The Hall–Kier alpha value is -3.23. The lowest BCUT2D eigenvalue weighted by atomic mass is 10.1. The molecule has 0 aliphatic carbocycles. The average molecular weight is 440 g/mol. The summed E-state index contributed by atoms with van der Waals surface area (Å²) in [5, 5.41) is 6.66. The third-order valence-electron chi connectivity index (χ3n) is 4.81. The van der Waals surface area contributed by atoms with Gasteiger partial charge in [0.25, 0.3) is 0 Å². The Morgan fingerprint density at radius 2 is 1.77 bits per heavy atom. The van der Waals surface area contributed by atoms with E-state index in [4.69, 9.17) is 4.52 Å². The Balaban J connectivity index is 1.70. The number of nitrogens with zero attached hydrogens (tertiary/aromatic N) is 1. The first-order valence-corrected chi connectivity index (χ1v) is 11.4. The summed E-state index contributed by atoms with van der Waals surface area (Å²) >= 11 is 0. The van der Waals surface area contributed by atoms with Gasteiger partial charge in [0, 0.05) is 13.0 Å². The number of anilines is 1. The number of nitrogens with one attached hydrogen (secondary N) is 2. The van der Waals surface area contributed by atoms with Gasteiger partial charge in [0.1, 0.15) is 11.4 Å². The zero-order chi connectivity index (χ0) is 22.4. The van der Waals surface area contributed by atoms with Gasteiger partial charge in [0.05, 0.1) is 4.90 Å². The molecule has 162 valence electrons. The Morgan fingerprint density at radius 1 is 1.06 bits per heavy atom. The summed E-state index contributed by atoms with van der Waals surface area (Å²) in [6.07, 6.45) is 3.80. The van der Waals surface area contributed by atoms with Gasteiger partial charge in [-0.1, -0.05) is 54.6 Å². The third kappa shape index (κ3) is 5.68. The highest BCUT2D eigenvalue weighted by Gasteiger charge is 2.15. The lowest BCUT2D eigenvalue weighted by molar-refractivity contribution is -0.115. The van der Waals surface area contributed by atoms with E-state index in [1.54, 1.807) is 50.3 Å². The SMILES string of the molecule is CCC(=O)Nc1c(C)noc1/C=C\c1ccc(S(=O)(=O)NCc2ccccc2C)cc1. The van der Waals surface area contributed by atoms with E-state index in [-0.39, 0.29) is 17.3 Å². The number of carbonyl (C=O) groups is 1. The van der Waals surface area contributed by atoms with E-state index in [0.29, 0.717) is 23.6 Å². The number of amides is 1. The Bertz CT molecular complexity index is 1200. The van der Waals surface area contributed by atoms with Crippen molar-refractivity contribution in [1.82, 2.24) is 9.88 Å². The van der Waals surface area contributed by atoms with Crippen molar-refractivity contribution in [3.63, 3.8) is 0 Å². The minimum Gasteiger partial charge on any atom is -0.354 e. The molecular weight excluding hydrogens is 414 g/mol. The van der Waals surface area contributed by atoms with Crippen LogP contribution in [0.4, 0.5) is 5.69 Å². The number of hydrogen-bond donors (Lipinski definition) is 2. The molecule has 3 rings (SSSR count). The molecule has 0 atom stereocenters. The van der Waals surface area contributed by atoms with Crippen LogP contribution in [0.5, 0.6) is 0 Å². The predicted octanol–water partition coefficient (Wildman–Crippen LogP) is 4.29. The second-order valence-electron chi connectivity index (χ2n) is 7.06. The van der Waals surface area contributed by atoms with Gasteiger partial charge in [-0.05, 0) is 48.7 Å². The second-order valence-corrected chi connectivity index (χ2v) is 8.83.